The van der Waals surface area contributed by atoms with Crippen molar-refractivity contribution in [2.45, 2.75) is 18.9 Å². The molecule has 0 radical (unpaired) electrons. The average Bonchev–Trinajstić information content (AvgIpc) is 2.91. The lowest BCUT2D eigenvalue weighted by Gasteiger charge is -2.19. The number of hydrogen-bond donors (Lipinski definition) is 2. The lowest BCUT2D eigenvalue weighted by atomic mass is 10.00. The van der Waals surface area contributed by atoms with Crippen LogP contribution in [0.2, 0.25) is 0 Å². The van der Waals surface area contributed by atoms with Crippen molar-refractivity contribution in [3.05, 3.63) is 22.2 Å². The monoisotopic (exact) mass is 264 g/mol. The van der Waals surface area contributed by atoms with E-state index in [0.717, 1.165) is 25.9 Å². The summed E-state index contributed by atoms with van der Waals surface area (Å²) in [5, 5.41) is 20.6. The van der Waals surface area contributed by atoms with Crippen molar-refractivity contribution >= 4 is 17.3 Å². The summed E-state index contributed by atoms with van der Waals surface area (Å²) >= 11 is 0. The molecule has 3 atom stereocenters. The van der Waals surface area contributed by atoms with Gasteiger partial charge in [-0.1, -0.05) is 0 Å². The van der Waals surface area contributed by atoms with Gasteiger partial charge in [-0.2, -0.15) is 0 Å². The molecule has 0 bridgehead atoms. The van der Waals surface area contributed by atoms with Crippen LogP contribution in [0.4, 0.5) is 17.3 Å². The molecule has 102 valence electrons. The van der Waals surface area contributed by atoms with Crippen molar-refractivity contribution in [3.63, 3.8) is 0 Å². The van der Waals surface area contributed by atoms with Crippen LogP contribution in [0.1, 0.15) is 12.8 Å². The highest BCUT2D eigenvalue weighted by Gasteiger charge is 2.42. The zero-order valence-electron chi connectivity index (χ0n) is 10.4. The van der Waals surface area contributed by atoms with E-state index in [1.807, 2.05) is 0 Å². The number of nitrogen functional groups attached to an aromatic ring is 1. The number of fused-ring (bicyclic) bond motifs is 1. The summed E-state index contributed by atoms with van der Waals surface area (Å²) in [4.78, 5) is 16.3. The fourth-order valence-electron chi connectivity index (χ4n) is 3.21. The van der Waals surface area contributed by atoms with Gasteiger partial charge in [-0.15, -0.1) is 0 Å². The third-order valence-electron chi connectivity index (χ3n) is 4.23. The van der Waals surface area contributed by atoms with E-state index in [2.05, 4.69) is 9.88 Å². The summed E-state index contributed by atoms with van der Waals surface area (Å²) in [7, 11) is 0. The SMILES string of the molecule is Nc1nc(N2CC3CCC(O)C3C2)ccc1[N+](=O)[O-]. The Bertz CT molecular complexity index is 522. The maximum absolute atomic E-state index is 10.7. The predicted octanol–water partition coefficient (Wildman–Crippen LogP) is 0.779. The standard InChI is InChI=1S/C12H16N4O3/c13-12-9(16(18)19)2-4-11(14-12)15-5-7-1-3-10(17)8(7)6-15/h2,4,7-8,10,17H,1,3,5-6H2,(H2,13,14). The van der Waals surface area contributed by atoms with Crippen LogP contribution in [0.3, 0.4) is 0 Å². The molecule has 1 aromatic rings. The van der Waals surface area contributed by atoms with Crippen molar-refractivity contribution < 1.29 is 10.0 Å². The van der Waals surface area contributed by atoms with Crippen LogP contribution in [-0.2, 0) is 0 Å². The van der Waals surface area contributed by atoms with Gasteiger partial charge in [0.05, 0.1) is 11.0 Å². The van der Waals surface area contributed by atoms with Gasteiger partial charge in [0.1, 0.15) is 5.82 Å². The normalized spacial score (nSPS) is 29.5. The van der Waals surface area contributed by atoms with Crippen LogP contribution in [0.25, 0.3) is 0 Å². The van der Waals surface area contributed by atoms with Crippen molar-refractivity contribution in [2.24, 2.45) is 11.8 Å². The molecule has 0 spiro atoms. The molecule has 7 nitrogen and oxygen atoms in total. The molecule has 3 N–H and O–H groups in total. The average molecular weight is 264 g/mol. The highest BCUT2D eigenvalue weighted by Crippen LogP contribution is 2.39. The first-order valence-corrected chi connectivity index (χ1v) is 6.40. The molecule has 0 amide bonds. The number of rotatable bonds is 2. The molecule has 1 aliphatic carbocycles. The third-order valence-corrected chi connectivity index (χ3v) is 4.23. The van der Waals surface area contributed by atoms with Crippen LogP contribution in [-0.4, -0.2) is 34.2 Å². The van der Waals surface area contributed by atoms with Gasteiger partial charge in [-0.25, -0.2) is 4.98 Å². The first kappa shape index (κ1) is 12.2. The van der Waals surface area contributed by atoms with Gasteiger partial charge in [-0.05, 0) is 24.8 Å². The summed E-state index contributed by atoms with van der Waals surface area (Å²) in [5.41, 5.74) is 5.44. The van der Waals surface area contributed by atoms with Crippen molar-refractivity contribution in [1.29, 1.82) is 0 Å². The Hall–Kier alpha value is -1.89. The van der Waals surface area contributed by atoms with E-state index in [4.69, 9.17) is 5.73 Å². The molecular weight excluding hydrogens is 248 g/mol. The summed E-state index contributed by atoms with van der Waals surface area (Å²) in [6.07, 6.45) is 1.68. The number of nitrogens with zero attached hydrogens (tertiary/aromatic N) is 3. The van der Waals surface area contributed by atoms with E-state index in [1.165, 1.54) is 6.07 Å². The Morgan fingerprint density at radius 1 is 1.42 bits per heavy atom. The summed E-state index contributed by atoms with van der Waals surface area (Å²) in [5.74, 6) is 1.39. The molecule has 0 aromatic carbocycles. The minimum atomic E-state index is -0.533. The molecule has 1 aliphatic heterocycles. The van der Waals surface area contributed by atoms with Gasteiger partial charge in [0, 0.05) is 25.1 Å². The van der Waals surface area contributed by atoms with E-state index in [-0.39, 0.29) is 17.6 Å². The van der Waals surface area contributed by atoms with Gasteiger partial charge in [0.2, 0.25) is 5.82 Å². The van der Waals surface area contributed by atoms with Crippen molar-refractivity contribution in [2.75, 3.05) is 23.7 Å². The Balaban J connectivity index is 1.81. The number of hydrogen-bond acceptors (Lipinski definition) is 6. The highest BCUT2D eigenvalue weighted by atomic mass is 16.6. The Kier molecular flexibility index (Phi) is 2.78. The summed E-state index contributed by atoms with van der Waals surface area (Å²) < 4.78 is 0. The second-order valence-electron chi connectivity index (χ2n) is 5.30. The number of aliphatic hydroxyl groups is 1. The fourth-order valence-corrected chi connectivity index (χ4v) is 3.21. The molecule has 7 heteroatoms. The topological polar surface area (TPSA) is 106 Å². The number of pyridine rings is 1. The molecule has 2 aliphatic rings. The molecule has 1 aromatic heterocycles. The zero-order valence-corrected chi connectivity index (χ0v) is 10.4. The van der Waals surface area contributed by atoms with E-state index in [9.17, 15) is 15.2 Å². The summed E-state index contributed by atoms with van der Waals surface area (Å²) in [6, 6.07) is 3.02. The lowest BCUT2D eigenvalue weighted by Crippen LogP contribution is -2.25. The van der Waals surface area contributed by atoms with Crippen LogP contribution < -0.4 is 10.6 Å². The highest BCUT2D eigenvalue weighted by molar-refractivity contribution is 5.58. The van der Waals surface area contributed by atoms with Crippen molar-refractivity contribution in [3.8, 4) is 0 Å². The maximum atomic E-state index is 10.7. The smallest absolute Gasteiger partial charge is 0.311 e. The second kappa shape index (κ2) is 4.34. The van der Waals surface area contributed by atoms with Gasteiger partial charge < -0.3 is 15.7 Å². The molecule has 1 saturated heterocycles. The first-order valence-electron chi connectivity index (χ1n) is 6.40. The van der Waals surface area contributed by atoms with Crippen molar-refractivity contribution in [1.82, 2.24) is 4.98 Å². The summed E-state index contributed by atoms with van der Waals surface area (Å²) in [6.45, 7) is 1.59. The maximum Gasteiger partial charge on any atom is 0.311 e. The van der Waals surface area contributed by atoms with E-state index in [0.29, 0.717) is 17.7 Å². The van der Waals surface area contributed by atoms with Gasteiger partial charge in [0.25, 0.3) is 0 Å². The lowest BCUT2D eigenvalue weighted by molar-refractivity contribution is -0.384. The van der Waals surface area contributed by atoms with Crippen LogP contribution in [0, 0.1) is 22.0 Å². The largest absolute Gasteiger partial charge is 0.393 e. The minimum absolute atomic E-state index is 0.0555. The van der Waals surface area contributed by atoms with Crippen LogP contribution in [0.15, 0.2) is 12.1 Å². The fraction of sp³-hybridized carbons (Fsp3) is 0.583. The molecule has 3 rings (SSSR count). The Morgan fingerprint density at radius 2 is 2.21 bits per heavy atom. The molecule has 19 heavy (non-hydrogen) atoms. The van der Waals surface area contributed by atoms with Crippen LogP contribution in [0.5, 0.6) is 0 Å². The van der Waals surface area contributed by atoms with E-state index < -0.39 is 4.92 Å². The molecular formula is C12H16N4O3. The quantitative estimate of drug-likeness (QED) is 0.604. The number of aromatic nitrogens is 1. The third kappa shape index (κ3) is 1.99. The number of nitro groups is 1. The second-order valence-corrected chi connectivity index (χ2v) is 5.30. The minimum Gasteiger partial charge on any atom is -0.393 e. The van der Waals surface area contributed by atoms with E-state index in [1.54, 1.807) is 6.07 Å². The van der Waals surface area contributed by atoms with E-state index >= 15 is 0 Å². The predicted molar refractivity (Wildman–Crippen MR) is 69.7 cm³/mol. The first-order chi connectivity index (χ1) is 9.06. The Morgan fingerprint density at radius 3 is 2.84 bits per heavy atom. The van der Waals surface area contributed by atoms with Crippen LogP contribution >= 0.6 is 0 Å². The molecule has 2 fully saturated rings. The number of aliphatic hydroxyl groups excluding tert-OH is 1. The number of anilines is 2. The number of nitrogens with two attached hydrogens (primary N) is 1. The van der Waals surface area contributed by atoms with Gasteiger partial charge in [0.15, 0.2) is 0 Å². The molecule has 2 heterocycles. The molecule has 1 saturated carbocycles. The zero-order chi connectivity index (χ0) is 13.6. The van der Waals surface area contributed by atoms with Gasteiger partial charge >= 0.3 is 5.69 Å². The Labute approximate surface area is 110 Å². The molecule has 3 unspecified atom stereocenters. The van der Waals surface area contributed by atoms with Gasteiger partial charge in [-0.3, -0.25) is 10.1 Å².